The average Bonchev–Trinajstić information content (AvgIpc) is 2.30. The number of aliphatic hydroxyl groups excluding tert-OH is 1. The fraction of sp³-hybridized carbons (Fsp3) is 0.500. The van der Waals surface area contributed by atoms with Crippen LogP contribution in [-0.4, -0.2) is 24.8 Å². The molecule has 0 spiro atoms. The summed E-state index contributed by atoms with van der Waals surface area (Å²) in [6.07, 6.45) is 1.02. The first-order valence-corrected chi connectivity index (χ1v) is 5.76. The molecule has 1 aliphatic heterocycles. The summed E-state index contributed by atoms with van der Waals surface area (Å²) in [7, 11) is 0. The van der Waals surface area contributed by atoms with E-state index in [1.54, 1.807) is 0 Å². The van der Waals surface area contributed by atoms with E-state index in [0.717, 1.165) is 30.1 Å². The Hall–Kier alpha value is -0.570. The van der Waals surface area contributed by atoms with Gasteiger partial charge in [0.25, 0.3) is 0 Å². The summed E-state index contributed by atoms with van der Waals surface area (Å²) in [5.74, 6) is 0.684. The lowest BCUT2D eigenvalue weighted by molar-refractivity contribution is 0.176. The summed E-state index contributed by atoms with van der Waals surface area (Å²) in [5, 5.41) is 13.5. The molecule has 0 aliphatic carbocycles. The van der Waals surface area contributed by atoms with Gasteiger partial charge in [-0.2, -0.15) is 0 Å². The van der Waals surface area contributed by atoms with Gasteiger partial charge in [-0.05, 0) is 30.5 Å². The summed E-state index contributed by atoms with van der Waals surface area (Å²) in [5.41, 5.74) is 1.16. The van der Waals surface area contributed by atoms with Crippen molar-refractivity contribution in [2.45, 2.75) is 12.3 Å². The Labute approximate surface area is 95.3 Å². The third kappa shape index (κ3) is 2.33. The third-order valence-electron chi connectivity index (χ3n) is 3.16. The van der Waals surface area contributed by atoms with Crippen molar-refractivity contribution >= 4 is 11.6 Å². The third-order valence-corrected chi connectivity index (χ3v) is 3.51. The maximum Gasteiger partial charge on any atom is 0.0466 e. The Morgan fingerprint density at radius 3 is 2.93 bits per heavy atom. The van der Waals surface area contributed by atoms with Crippen molar-refractivity contribution < 1.29 is 5.11 Å². The van der Waals surface area contributed by atoms with Gasteiger partial charge in [0.2, 0.25) is 0 Å². The fourth-order valence-corrected chi connectivity index (χ4v) is 2.55. The van der Waals surface area contributed by atoms with Crippen LogP contribution >= 0.6 is 11.6 Å². The molecule has 3 heteroatoms. The normalized spacial score (nSPS) is 26.5. The van der Waals surface area contributed by atoms with Crippen molar-refractivity contribution in [1.29, 1.82) is 0 Å². The molecular weight excluding hydrogens is 210 g/mol. The molecule has 1 saturated heterocycles. The Balaban J connectivity index is 2.24. The molecule has 1 aromatic rings. The molecule has 0 bridgehead atoms. The molecule has 82 valence electrons. The van der Waals surface area contributed by atoms with Crippen LogP contribution in [0.5, 0.6) is 0 Å². The van der Waals surface area contributed by atoms with Crippen LogP contribution in [0.4, 0.5) is 0 Å². The number of hydrogen-bond acceptors (Lipinski definition) is 2. The van der Waals surface area contributed by atoms with Crippen LogP contribution in [0, 0.1) is 5.92 Å². The minimum absolute atomic E-state index is 0.248. The highest BCUT2D eigenvalue weighted by atomic mass is 35.5. The zero-order valence-electron chi connectivity index (χ0n) is 8.62. The van der Waals surface area contributed by atoms with Gasteiger partial charge in [0, 0.05) is 24.1 Å². The Bertz CT molecular complexity index is 329. The van der Waals surface area contributed by atoms with Gasteiger partial charge < -0.3 is 10.4 Å². The average molecular weight is 226 g/mol. The minimum Gasteiger partial charge on any atom is -0.396 e. The predicted octanol–water partition coefficient (Wildman–Crippen LogP) is 2.03. The van der Waals surface area contributed by atoms with E-state index in [9.17, 15) is 5.11 Å². The molecule has 2 N–H and O–H groups in total. The topological polar surface area (TPSA) is 32.3 Å². The van der Waals surface area contributed by atoms with E-state index >= 15 is 0 Å². The molecule has 0 radical (unpaired) electrons. The van der Waals surface area contributed by atoms with E-state index in [1.165, 1.54) is 0 Å². The second-order valence-corrected chi connectivity index (χ2v) is 4.47. The van der Waals surface area contributed by atoms with Crippen LogP contribution in [0.3, 0.4) is 0 Å². The molecule has 1 heterocycles. The smallest absolute Gasteiger partial charge is 0.0466 e. The fourth-order valence-electron chi connectivity index (χ4n) is 2.27. The molecule has 0 aromatic heterocycles. The molecule has 1 aliphatic rings. The highest BCUT2D eigenvalue weighted by molar-refractivity contribution is 6.31. The maximum atomic E-state index is 9.34. The summed E-state index contributed by atoms with van der Waals surface area (Å²) in [4.78, 5) is 0. The second kappa shape index (κ2) is 4.97. The zero-order valence-corrected chi connectivity index (χ0v) is 9.37. The maximum absolute atomic E-state index is 9.34. The Kier molecular flexibility index (Phi) is 3.62. The van der Waals surface area contributed by atoms with E-state index in [2.05, 4.69) is 11.4 Å². The summed E-state index contributed by atoms with van der Waals surface area (Å²) in [6.45, 7) is 2.15. The lowest BCUT2D eigenvalue weighted by Gasteiger charge is -2.31. The summed E-state index contributed by atoms with van der Waals surface area (Å²) < 4.78 is 0. The van der Waals surface area contributed by atoms with Crippen LogP contribution < -0.4 is 5.32 Å². The van der Waals surface area contributed by atoms with Gasteiger partial charge in [-0.1, -0.05) is 29.8 Å². The van der Waals surface area contributed by atoms with Gasteiger partial charge in [-0.25, -0.2) is 0 Å². The molecule has 0 amide bonds. The highest BCUT2D eigenvalue weighted by Crippen LogP contribution is 2.33. The molecule has 2 unspecified atom stereocenters. The quantitative estimate of drug-likeness (QED) is 0.807. The van der Waals surface area contributed by atoms with Crippen LogP contribution in [0.15, 0.2) is 24.3 Å². The lowest BCUT2D eigenvalue weighted by Crippen LogP contribution is -2.36. The van der Waals surface area contributed by atoms with Gasteiger partial charge in [-0.3, -0.25) is 0 Å². The van der Waals surface area contributed by atoms with E-state index in [-0.39, 0.29) is 6.61 Å². The minimum atomic E-state index is 0.248. The molecular formula is C12H16ClNO. The summed E-state index contributed by atoms with van der Waals surface area (Å²) in [6, 6.07) is 7.92. The number of benzene rings is 1. The van der Waals surface area contributed by atoms with E-state index in [1.807, 2.05) is 18.2 Å². The van der Waals surface area contributed by atoms with Crippen molar-refractivity contribution in [2.24, 2.45) is 5.92 Å². The molecule has 0 saturated carbocycles. The van der Waals surface area contributed by atoms with Crippen LogP contribution in [0.1, 0.15) is 17.9 Å². The van der Waals surface area contributed by atoms with Crippen LogP contribution in [-0.2, 0) is 0 Å². The number of hydrogen-bond donors (Lipinski definition) is 2. The Morgan fingerprint density at radius 2 is 2.20 bits per heavy atom. The standard InChI is InChI=1S/C12H16ClNO/c13-12-4-2-1-3-10(12)11-7-14-6-5-9(11)8-15/h1-4,9,11,14-15H,5-8H2. The molecule has 2 atom stereocenters. The predicted molar refractivity (Wildman–Crippen MR) is 62.3 cm³/mol. The number of aliphatic hydroxyl groups is 1. The van der Waals surface area contributed by atoms with Crippen molar-refractivity contribution in [3.8, 4) is 0 Å². The van der Waals surface area contributed by atoms with Gasteiger partial charge in [0.05, 0.1) is 0 Å². The number of halogens is 1. The lowest BCUT2D eigenvalue weighted by atomic mass is 9.82. The summed E-state index contributed by atoms with van der Waals surface area (Å²) >= 11 is 6.17. The Morgan fingerprint density at radius 1 is 1.40 bits per heavy atom. The molecule has 1 fully saturated rings. The molecule has 2 nitrogen and oxygen atoms in total. The van der Waals surface area contributed by atoms with E-state index < -0.39 is 0 Å². The molecule has 1 aromatic carbocycles. The van der Waals surface area contributed by atoms with Gasteiger partial charge >= 0.3 is 0 Å². The first kappa shape index (κ1) is 10.9. The van der Waals surface area contributed by atoms with Crippen molar-refractivity contribution in [3.05, 3.63) is 34.9 Å². The highest BCUT2D eigenvalue weighted by Gasteiger charge is 2.26. The second-order valence-electron chi connectivity index (χ2n) is 4.06. The monoisotopic (exact) mass is 225 g/mol. The molecule has 15 heavy (non-hydrogen) atoms. The zero-order chi connectivity index (χ0) is 10.7. The number of rotatable bonds is 2. The number of piperidine rings is 1. The first-order chi connectivity index (χ1) is 7.33. The van der Waals surface area contributed by atoms with Crippen molar-refractivity contribution in [1.82, 2.24) is 5.32 Å². The van der Waals surface area contributed by atoms with Crippen molar-refractivity contribution in [3.63, 3.8) is 0 Å². The number of nitrogens with one attached hydrogen (secondary N) is 1. The SMILES string of the molecule is OCC1CCNCC1c1ccccc1Cl. The van der Waals surface area contributed by atoms with Crippen LogP contribution in [0.25, 0.3) is 0 Å². The van der Waals surface area contributed by atoms with Gasteiger partial charge in [0.1, 0.15) is 0 Å². The van der Waals surface area contributed by atoms with Gasteiger partial charge in [-0.15, -0.1) is 0 Å². The van der Waals surface area contributed by atoms with Gasteiger partial charge in [0.15, 0.2) is 0 Å². The first-order valence-electron chi connectivity index (χ1n) is 5.39. The van der Waals surface area contributed by atoms with Crippen LogP contribution in [0.2, 0.25) is 5.02 Å². The molecule has 2 rings (SSSR count). The largest absolute Gasteiger partial charge is 0.396 e. The van der Waals surface area contributed by atoms with Crippen molar-refractivity contribution in [2.75, 3.05) is 19.7 Å². The van der Waals surface area contributed by atoms with E-state index in [0.29, 0.717) is 11.8 Å². The van der Waals surface area contributed by atoms with E-state index in [4.69, 9.17) is 11.6 Å².